The Morgan fingerprint density at radius 1 is 1.43 bits per heavy atom. The van der Waals surface area contributed by atoms with Gasteiger partial charge in [0.1, 0.15) is 5.82 Å². The first kappa shape index (κ1) is 15.5. The summed E-state index contributed by atoms with van der Waals surface area (Å²) < 4.78 is 14.9. The van der Waals surface area contributed by atoms with E-state index in [0.717, 1.165) is 17.0 Å². The summed E-state index contributed by atoms with van der Waals surface area (Å²) in [6.07, 6.45) is 0.953. The van der Waals surface area contributed by atoms with E-state index in [1.54, 1.807) is 0 Å². The molecule has 0 radical (unpaired) electrons. The monoisotopic (exact) mass is 309 g/mol. The Hall–Kier alpha value is -1.88. The average molecular weight is 310 g/mol. The van der Waals surface area contributed by atoms with Crippen molar-refractivity contribution in [1.82, 2.24) is 9.78 Å². The number of carbonyl (C=O) groups excluding carboxylic acids is 1. The molecule has 112 valence electrons. The zero-order valence-electron chi connectivity index (χ0n) is 12.2. The summed E-state index contributed by atoms with van der Waals surface area (Å²) >= 11 is 5.68. The molecule has 0 aliphatic carbocycles. The van der Waals surface area contributed by atoms with Crippen molar-refractivity contribution in [3.63, 3.8) is 0 Å². The quantitative estimate of drug-likeness (QED) is 0.941. The number of nitrogens with zero attached hydrogens (tertiary/aromatic N) is 2. The highest BCUT2D eigenvalue weighted by atomic mass is 35.5. The summed E-state index contributed by atoms with van der Waals surface area (Å²) in [6.45, 7) is 3.91. The number of rotatable bonds is 4. The van der Waals surface area contributed by atoms with Crippen LogP contribution in [-0.2, 0) is 18.3 Å². The number of anilines is 1. The third-order valence-corrected chi connectivity index (χ3v) is 3.75. The van der Waals surface area contributed by atoms with Crippen molar-refractivity contribution in [2.45, 2.75) is 26.7 Å². The van der Waals surface area contributed by atoms with Gasteiger partial charge in [-0.3, -0.25) is 9.48 Å². The first-order valence-corrected chi connectivity index (χ1v) is 7.00. The van der Waals surface area contributed by atoms with Gasteiger partial charge >= 0.3 is 0 Å². The first-order valence-electron chi connectivity index (χ1n) is 6.62. The van der Waals surface area contributed by atoms with Gasteiger partial charge in [-0.05, 0) is 44.0 Å². The van der Waals surface area contributed by atoms with Crippen molar-refractivity contribution < 1.29 is 9.18 Å². The Labute approximate surface area is 127 Å². The molecule has 4 nitrogen and oxygen atoms in total. The molecule has 1 aromatic carbocycles. The fraction of sp³-hybridized carbons (Fsp3) is 0.333. The molecule has 0 spiro atoms. The standard InChI is InChI=1S/C15H17ClFN3O/c1-9-12(10(2)20(3)19-9)5-7-15(21)18-11-4-6-14(17)13(16)8-11/h4,6,8H,5,7H2,1-3H3,(H,18,21). The van der Waals surface area contributed by atoms with E-state index in [2.05, 4.69) is 10.4 Å². The van der Waals surface area contributed by atoms with Crippen molar-refractivity contribution in [3.8, 4) is 0 Å². The van der Waals surface area contributed by atoms with Gasteiger partial charge < -0.3 is 5.32 Å². The van der Waals surface area contributed by atoms with Gasteiger partial charge in [-0.2, -0.15) is 5.10 Å². The Morgan fingerprint density at radius 3 is 2.71 bits per heavy atom. The Morgan fingerprint density at radius 2 is 2.14 bits per heavy atom. The zero-order valence-corrected chi connectivity index (χ0v) is 13.0. The molecule has 0 aliphatic rings. The zero-order chi connectivity index (χ0) is 15.6. The molecule has 0 bridgehead atoms. The first-order chi connectivity index (χ1) is 9.88. The molecule has 1 aromatic heterocycles. The van der Waals surface area contributed by atoms with Crippen molar-refractivity contribution in [2.75, 3.05) is 5.32 Å². The predicted molar refractivity (Wildman–Crippen MR) is 81.0 cm³/mol. The topological polar surface area (TPSA) is 46.9 Å². The van der Waals surface area contributed by atoms with Crippen LogP contribution in [0, 0.1) is 19.7 Å². The van der Waals surface area contributed by atoms with Crippen molar-refractivity contribution in [1.29, 1.82) is 0 Å². The molecule has 1 N–H and O–H groups in total. The lowest BCUT2D eigenvalue weighted by Crippen LogP contribution is -2.12. The van der Waals surface area contributed by atoms with Crippen LogP contribution < -0.4 is 5.32 Å². The molecule has 1 amide bonds. The number of aromatic nitrogens is 2. The van der Waals surface area contributed by atoms with Crippen LogP contribution in [0.2, 0.25) is 5.02 Å². The second kappa shape index (κ2) is 6.26. The van der Waals surface area contributed by atoms with Gasteiger partial charge in [0.2, 0.25) is 5.91 Å². The lowest BCUT2D eigenvalue weighted by Gasteiger charge is -2.06. The lowest BCUT2D eigenvalue weighted by molar-refractivity contribution is -0.116. The van der Waals surface area contributed by atoms with Gasteiger partial charge in [0.15, 0.2) is 0 Å². The predicted octanol–water partition coefficient (Wildman–Crippen LogP) is 3.40. The number of benzene rings is 1. The molecule has 6 heteroatoms. The van der Waals surface area contributed by atoms with Crippen molar-refractivity contribution >= 4 is 23.2 Å². The third-order valence-electron chi connectivity index (χ3n) is 3.46. The van der Waals surface area contributed by atoms with E-state index in [1.807, 2.05) is 25.6 Å². The number of hydrogen-bond donors (Lipinski definition) is 1. The van der Waals surface area contributed by atoms with E-state index in [0.29, 0.717) is 18.5 Å². The Bertz CT molecular complexity index is 682. The van der Waals surface area contributed by atoms with Crippen LogP contribution in [0.15, 0.2) is 18.2 Å². The van der Waals surface area contributed by atoms with Crippen molar-refractivity contribution in [2.24, 2.45) is 7.05 Å². The van der Waals surface area contributed by atoms with E-state index in [-0.39, 0.29) is 10.9 Å². The van der Waals surface area contributed by atoms with Crippen molar-refractivity contribution in [3.05, 3.63) is 46.0 Å². The van der Waals surface area contributed by atoms with Crippen LogP contribution in [0.25, 0.3) is 0 Å². The second-order valence-electron chi connectivity index (χ2n) is 4.95. The van der Waals surface area contributed by atoms with Gasteiger partial charge in [0.05, 0.1) is 10.7 Å². The van der Waals surface area contributed by atoms with Gasteiger partial charge in [0, 0.05) is 24.8 Å². The maximum atomic E-state index is 13.0. The number of nitrogens with one attached hydrogen (secondary N) is 1. The number of halogens is 2. The molecule has 21 heavy (non-hydrogen) atoms. The van der Waals surface area contributed by atoms with Gasteiger partial charge in [-0.25, -0.2) is 4.39 Å². The molecule has 0 unspecified atom stereocenters. The van der Waals surface area contributed by atoms with E-state index in [1.165, 1.54) is 18.2 Å². The van der Waals surface area contributed by atoms with Gasteiger partial charge in [-0.1, -0.05) is 11.6 Å². The number of carbonyl (C=O) groups is 1. The molecule has 0 aliphatic heterocycles. The summed E-state index contributed by atoms with van der Waals surface area (Å²) in [5, 5.41) is 7.02. The van der Waals surface area contributed by atoms with E-state index < -0.39 is 5.82 Å². The second-order valence-corrected chi connectivity index (χ2v) is 5.36. The maximum absolute atomic E-state index is 13.0. The van der Waals surface area contributed by atoms with E-state index >= 15 is 0 Å². The Balaban J connectivity index is 1.97. The average Bonchev–Trinajstić information content (AvgIpc) is 2.66. The van der Waals surface area contributed by atoms with Crippen LogP contribution in [-0.4, -0.2) is 15.7 Å². The largest absolute Gasteiger partial charge is 0.326 e. The molecule has 1 heterocycles. The fourth-order valence-corrected chi connectivity index (χ4v) is 2.40. The highest BCUT2D eigenvalue weighted by Crippen LogP contribution is 2.20. The molecule has 2 rings (SSSR count). The minimum Gasteiger partial charge on any atom is -0.326 e. The normalized spacial score (nSPS) is 10.7. The molecule has 0 saturated carbocycles. The number of hydrogen-bond acceptors (Lipinski definition) is 2. The minimum absolute atomic E-state index is 0.00764. The third kappa shape index (κ3) is 3.61. The molecule has 2 aromatic rings. The Kier molecular flexibility index (Phi) is 4.63. The lowest BCUT2D eigenvalue weighted by atomic mass is 10.1. The summed E-state index contributed by atoms with van der Waals surface area (Å²) in [6, 6.07) is 4.11. The summed E-state index contributed by atoms with van der Waals surface area (Å²) in [4.78, 5) is 11.9. The van der Waals surface area contributed by atoms with Gasteiger partial charge in [-0.15, -0.1) is 0 Å². The molecule has 0 atom stereocenters. The molecular formula is C15H17ClFN3O. The summed E-state index contributed by atoms with van der Waals surface area (Å²) in [5.74, 6) is -0.642. The smallest absolute Gasteiger partial charge is 0.224 e. The summed E-state index contributed by atoms with van der Waals surface area (Å²) in [7, 11) is 1.88. The number of aryl methyl sites for hydroxylation is 2. The van der Waals surface area contributed by atoms with E-state index in [9.17, 15) is 9.18 Å². The highest BCUT2D eigenvalue weighted by Gasteiger charge is 2.12. The van der Waals surface area contributed by atoms with Crippen LogP contribution in [0.4, 0.5) is 10.1 Å². The van der Waals surface area contributed by atoms with Crippen LogP contribution in [0.3, 0.4) is 0 Å². The molecule has 0 saturated heterocycles. The van der Waals surface area contributed by atoms with Crippen LogP contribution >= 0.6 is 11.6 Å². The fourth-order valence-electron chi connectivity index (χ4n) is 2.22. The highest BCUT2D eigenvalue weighted by molar-refractivity contribution is 6.31. The molecule has 0 fully saturated rings. The maximum Gasteiger partial charge on any atom is 0.224 e. The SMILES string of the molecule is Cc1nn(C)c(C)c1CCC(=O)Nc1ccc(F)c(Cl)c1. The van der Waals surface area contributed by atoms with Gasteiger partial charge in [0.25, 0.3) is 0 Å². The summed E-state index contributed by atoms with van der Waals surface area (Å²) in [5.41, 5.74) is 3.58. The van der Waals surface area contributed by atoms with Crippen LogP contribution in [0.5, 0.6) is 0 Å². The van der Waals surface area contributed by atoms with Crippen LogP contribution in [0.1, 0.15) is 23.4 Å². The molecular weight excluding hydrogens is 293 g/mol. The van der Waals surface area contributed by atoms with E-state index in [4.69, 9.17) is 11.6 Å². The minimum atomic E-state index is -0.503. The number of amides is 1.